The number of benzene rings is 1. The molecule has 2 heteroatoms. The summed E-state index contributed by atoms with van der Waals surface area (Å²) in [6, 6.07) is 8.29. The highest BCUT2D eigenvalue weighted by Crippen LogP contribution is 2.30. The summed E-state index contributed by atoms with van der Waals surface area (Å²) in [6.07, 6.45) is 4.12. The SMILES string of the molecule is CCCC(O)c1ccccc1N1CCCC1. The molecular weight excluding hydrogens is 198 g/mol. The normalized spacial score (nSPS) is 17.8. The van der Waals surface area contributed by atoms with E-state index in [0.717, 1.165) is 31.5 Å². The molecule has 2 nitrogen and oxygen atoms in total. The second-order valence-electron chi connectivity index (χ2n) is 4.56. The maximum Gasteiger partial charge on any atom is 0.0810 e. The van der Waals surface area contributed by atoms with Crippen molar-refractivity contribution in [3.05, 3.63) is 29.8 Å². The Labute approximate surface area is 97.9 Å². The number of aliphatic hydroxyl groups is 1. The van der Waals surface area contributed by atoms with E-state index in [1.165, 1.54) is 18.5 Å². The first-order valence-electron chi connectivity index (χ1n) is 6.35. The summed E-state index contributed by atoms with van der Waals surface area (Å²) < 4.78 is 0. The molecule has 1 N–H and O–H groups in total. The Morgan fingerprint density at radius 1 is 1.25 bits per heavy atom. The Balaban J connectivity index is 2.22. The summed E-state index contributed by atoms with van der Waals surface area (Å²) in [4.78, 5) is 2.40. The maximum absolute atomic E-state index is 10.1. The summed E-state index contributed by atoms with van der Waals surface area (Å²) >= 11 is 0. The van der Waals surface area contributed by atoms with Crippen LogP contribution in [0, 0.1) is 0 Å². The van der Waals surface area contributed by atoms with E-state index in [2.05, 4.69) is 30.0 Å². The van der Waals surface area contributed by atoms with Crippen LogP contribution in [0.3, 0.4) is 0 Å². The van der Waals surface area contributed by atoms with Crippen molar-refractivity contribution in [3.63, 3.8) is 0 Å². The van der Waals surface area contributed by atoms with Gasteiger partial charge in [-0.1, -0.05) is 31.5 Å². The van der Waals surface area contributed by atoms with Crippen molar-refractivity contribution in [1.29, 1.82) is 0 Å². The zero-order valence-electron chi connectivity index (χ0n) is 10.0. The molecular formula is C14H21NO. The highest BCUT2D eigenvalue weighted by atomic mass is 16.3. The molecule has 1 aromatic rings. The van der Waals surface area contributed by atoms with Gasteiger partial charge in [-0.25, -0.2) is 0 Å². The minimum Gasteiger partial charge on any atom is -0.388 e. The van der Waals surface area contributed by atoms with Crippen LogP contribution in [-0.2, 0) is 0 Å². The Kier molecular flexibility index (Phi) is 3.83. The van der Waals surface area contributed by atoms with Gasteiger partial charge in [0.05, 0.1) is 6.10 Å². The van der Waals surface area contributed by atoms with Gasteiger partial charge in [-0.3, -0.25) is 0 Å². The third kappa shape index (κ3) is 2.38. The zero-order chi connectivity index (χ0) is 11.4. The third-order valence-corrected chi connectivity index (χ3v) is 3.30. The molecule has 0 bridgehead atoms. The lowest BCUT2D eigenvalue weighted by Crippen LogP contribution is -2.20. The molecule has 0 spiro atoms. The average molecular weight is 219 g/mol. The van der Waals surface area contributed by atoms with Gasteiger partial charge in [-0.05, 0) is 25.3 Å². The number of rotatable bonds is 4. The van der Waals surface area contributed by atoms with Crippen molar-refractivity contribution >= 4 is 5.69 Å². The van der Waals surface area contributed by atoms with E-state index in [0.29, 0.717) is 0 Å². The molecule has 0 saturated carbocycles. The Morgan fingerprint density at radius 2 is 1.94 bits per heavy atom. The molecule has 1 fully saturated rings. The molecule has 1 aromatic carbocycles. The van der Waals surface area contributed by atoms with Gasteiger partial charge in [0.25, 0.3) is 0 Å². The molecule has 0 radical (unpaired) electrons. The number of hydrogen-bond acceptors (Lipinski definition) is 2. The second kappa shape index (κ2) is 5.35. The molecule has 1 heterocycles. The van der Waals surface area contributed by atoms with Crippen LogP contribution < -0.4 is 4.90 Å². The first-order valence-corrected chi connectivity index (χ1v) is 6.35. The van der Waals surface area contributed by atoms with Crippen molar-refractivity contribution in [2.75, 3.05) is 18.0 Å². The van der Waals surface area contributed by atoms with Crippen LogP contribution in [0.1, 0.15) is 44.3 Å². The van der Waals surface area contributed by atoms with Crippen molar-refractivity contribution in [2.45, 2.75) is 38.7 Å². The highest BCUT2D eigenvalue weighted by Gasteiger charge is 2.18. The lowest BCUT2D eigenvalue weighted by atomic mass is 10.0. The van der Waals surface area contributed by atoms with Gasteiger partial charge in [0, 0.05) is 24.3 Å². The maximum atomic E-state index is 10.1. The first-order chi connectivity index (χ1) is 7.83. The van der Waals surface area contributed by atoms with E-state index in [1.807, 2.05) is 6.07 Å². The van der Waals surface area contributed by atoms with Crippen LogP contribution in [0.4, 0.5) is 5.69 Å². The Morgan fingerprint density at radius 3 is 2.62 bits per heavy atom. The van der Waals surface area contributed by atoms with Crippen LogP contribution in [0.15, 0.2) is 24.3 Å². The molecule has 0 aliphatic carbocycles. The van der Waals surface area contributed by atoms with Crippen molar-refractivity contribution in [2.24, 2.45) is 0 Å². The van der Waals surface area contributed by atoms with Crippen molar-refractivity contribution < 1.29 is 5.11 Å². The molecule has 88 valence electrons. The molecule has 0 aromatic heterocycles. The summed E-state index contributed by atoms with van der Waals surface area (Å²) in [7, 11) is 0. The number of para-hydroxylation sites is 1. The summed E-state index contributed by atoms with van der Waals surface area (Å²) in [5, 5.41) is 10.1. The minimum absolute atomic E-state index is 0.304. The van der Waals surface area contributed by atoms with Gasteiger partial charge < -0.3 is 10.0 Å². The lowest BCUT2D eigenvalue weighted by Gasteiger charge is -2.23. The monoisotopic (exact) mass is 219 g/mol. The predicted octanol–water partition coefficient (Wildman–Crippen LogP) is 3.12. The molecule has 1 saturated heterocycles. The van der Waals surface area contributed by atoms with Crippen LogP contribution in [0.25, 0.3) is 0 Å². The Hall–Kier alpha value is -1.02. The number of hydrogen-bond donors (Lipinski definition) is 1. The van der Waals surface area contributed by atoms with E-state index >= 15 is 0 Å². The fourth-order valence-corrected chi connectivity index (χ4v) is 2.44. The van der Waals surface area contributed by atoms with E-state index in [9.17, 15) is 5.11 Å². The van der Waals surface area contributed by atoms with E-state index < -0.39 is 0 Å². The van der Waals surface area contributed by atoms with Crippen LogP contribution in [0.5, 0.6) is 0 Å². The van der Waals surface area contributed by atoms with Gasteiger partial charge >= 0.3 is 0 Å². The van der Waals surface area contributed by atoms with Gasteiger partial charge in [0.2, 0.25) is 0 Å². The molecule has 1 unspecified atom stereocenters. The van der Waals surface area contributed by atoms with E-state index in [-0.39, 0.29) is 6.10 Å². The van der Waals surface area contributed by atoms with Crippen LogP contribution in [-0.4, -0.2) is 18.2 Å². The van der Waals surface area contributed by atoms with Crippen molar-refractivity contribution in [3.8, 4) is 0 Å². The number of aliphatic hydroxyl groups excluding tert-OH is 1. The number of nitrogens with zero attached hydrogens (tertiary/aromatic N) is 1. The summed E-state index contributed by atoms with van der Waals surface area (Å²) in [5.41, 5.74) is 2.34. The fourth-order valence-electron chi connectivity index (χ4n) is 2.44. The quantitative estimate of drug-likeness (QED) is 0.841. The van der Waals surface area contributed by atoms with Crippen LogP contribution >= 0.6 is 0 Å². The summed E-state index contributed by atoms with van der Waals surface area (Å²) in [6.45, 7) is 4.38. The van der Waals surface area contributed by atoms with Crippen LogP contribution in [0.2, 0.25) is 0 Å². The topological polar surface area (TPSA) is 23.5 Å². The standard InChI is InChI=1S/C14H21NO/c1-2-7-14(16)12-8-3-4-9-13(12)15-10-5-6-11-15/h3-4,8-9,14,16H,2,5-7,10-11H2,1H3. The minimum atomic E-state index is -0.304. The molecule has 1 aliphatic heterocycles. The zero-order valence-corrected chi connectivity index (χ0v) is 10.0. The van der Waals surface area contributed by atoms with E-state index in [4.69, 9.17) is 0 Å². The first kappa shape index (κ1) is 11.5. The summed E-state index contributed by atoms with van der Waals surface area (Å²) in [5.74, 6) is 0. The molecule has 1 atom stereocenters. The highest BCUT2D eigenvalue weighted by molar-refractivity contribution is 5.55. The molecule has 2 rings (SSSR count). The molecule has 1 aliphatic rings. The predicted molar refractivity (Wildman–Crippen MR) is 67.8 cm³/mol. The largest absolute Gasteiger partial charge is 0.388 e. The van der Waals surface area contributed by atoms with Gasteiger partial charge in [-0.2, -0.15) is 0 Å². The van der Waals surface area contributed by atoms with Crippen molar-refractivity contribution in [1.82, 2.24) is 0 Å². The third-order valence-electron chi connectivity index (χ3n) is 3.30. The Bertz CT molecular complexity index is 331. The lowest BCUT2D eigenvalue weighted by molar-refractivity contribution is 0.167. The van der Waals surface area contributed by atoms with Gasteiger partial charge in [0.1, 0.15) is 0 Å². The molecule has 0 amide bonds. The fraction of sp³-hybridized carbons (Fsp3) is 0.571. The van der Waals surface area contributed by atoms with Gasteiger partial charge in [0.15, 0.2) is 0 Å². The smallest absolute Gasteiger partial charge is 0.0810 e. The second-order valence-corrected chi connectivity index (χ2v) is 4.56. The average Bonchev–Trinajstić information content (AvgIpc) is 2.83. The molecule has 16 heavy (non-hydrogen) atoms. The van der Waals surface area contributed by atoms with Gasteiger partial charge in [-0.15, -0.1) is 0 Å². The number of anilines is 1. The van der Waals surface area contributed by atoms with E-state index in [1.54, 1.807) is 0 Å².